The van der Waals surface area contributed by atoms with E-state index < -0.39 is 23.4 Å². The van der Waals surface area contributed by atoms with E-state index in [0.717, 1.165) is 56.9 Å². The third-order valence-electron chi connectivity index (χ3n) is 8.24. The molecule has 8 rings (SSSR count). The Kier molecular flexibility index (Phi) is 15.5. The van der Waals surface area contributed by atoms with Gasteiger partial charge in [-0.15, -0.1) is 0 Å². The summed E-state index contributed by atoms with van der Waals surface area (Å²) in [4.78, 5) is 73.5. The lowest BCUT2D eigenvalue weighted by atomic mass is 10.1. The van der Waals surface area contributed by atoms with Gasteiger partial charge in [-0.3, -0.25) is 24.4 Å². The smallest absolute Gasteiger partial charge is 0.436 e. The molecule has 0 spiro atoms. The number of benzene rings is 4. The zero-order chi connectivity index (χ0) is 46.6. The van der Waals surface area contributed by atoms with Crippen LogP contribution in [0.15, 0.2) is 136 Å². The van der Waals surface area contributed by atoms with Gasteiger partial charge in [-0.1, -0.05) is 54.2 Å². The van der Waals surface area contributed by atoms with Crippen molar-refractivity contribution in [3.63, 3.8) is 0 Å². The maximum atomic E-state index is 12.4. The van der Waals surface area contributed by atoms with Gasteiger partial charge in [0.2, 0.25) is 5.91 Å². The largest absolute Gasteiger partial charge is 0.457 e. The zero-order valence-corrected chi connectivity index (χ0v) is 37.8. The number of fused-ring (bicyclic) bond motifs is 2. The maximum absolute atomic E-state index is 12.4. The van der Waals surface area contributed by atoms with E-state index in [1.807, 2.05) is 84.9 Å². The molecule has 2 aromatic heterocycles. The monoisotopic (exact) mass is 912 g/mol. The number of rotatable bonds is 6. The van der Waals surface area contributed by atoms with Crippen LogP contribution in [0, 0.1) is 0 Å². The van der Waals surface area contributed by atoms with Crippen LogP contribution in [0.5, 0.6) is 23.0 Å². The Morgan fingerprint density at radius 3 is 1.62 bits per heavy atom. The summed E-state index contributed by atoms with van der Waals surface area (Å²) >= 11 is 2.28. The Labute approximate surface area is 383 Å². The summed E-state index contributed by atoms with van der Waals surface area (Å²) < 4.78 is 22.0. The first-order chi connectivity index (χ1) is 31.0. The van der Waals surface area contributed by atoms with Crippen molar-refractivity contribution in [3.05, 3.63) is 138 Å². The van der Waals surface area contributed by atoms with E-state index in [9.17, 15) is 24.0 Å². The van der Waals surface area contributed by atoms with Gasteiger partial charge in [0.15, 0.2) is 10.3 Å². The van der Waals surface area contributed by atoms with Crippen LogP contribution in [0.2, 0.25) is 0 Å². The highest BCUT2D eigenvalue weighted by Crippen LogP contribution is 2.32. The number of hydrogen-bond acceptors (Lipinski definition) is 13. The van der Waals surface area contributed by atoms with Gasteiger partial charge in [-0.25, -0.2) is 9.59 Å². The van der Waals surface area contributed by atoms with E-state index in [0.29, 0.717) is 32.9 Å². The predicted octanol–water partition coefficient (Wildman–Crippen LogP) is 10.5. The topological polar surface area (TPSA) is 197 Å². The van der Waals surface area contributed by atoms with E-state index in [-0.39, 0.29) is 17.0 Å². The molecule has 4 heterocycles. The number of para-hydroxylation sites is 2. The van der Waals surface area contributed by atoms with Gasteiger partial charge in [0.05, 0.1) is 21.7 Å². The Morgan fingerprint density at radius 1 is 0.646 bits per heavy atom. The summed E-state index contributed by atoms with van der Waals surface area (Å²) in [5.74, 6) is 2.67. The molecule has 0 unspecified atom stereocenters. The van der Waals surface area contributed by atoms with Crippen LogP contribution >= 0.6 is 23.5 Å². The summed E-state index contributed by atoms with van der Waals surface area (Å²) in [5, 5.41) is 7.18. The molecule has 6 aromatic rings. The number of aromatic nitrogens is 2. The molecular formula is C48H44N6O9S2. The van der Waals surface area contributed by atoms with Gasteiger partial charge in [-0.05, 0) is 132 Å². The molecule has 17 heteroatoms. The molecule has 0 atom stereocenters. The summed E-state index contributed by atoms with van der Waals surface area (Å²) in [6.45, 7) is 10.5. The van der Waals surface area contributed by atoms with E-state index >= 15 is 0 Å². The fourth-order valence-electron chi connectivity index (χ4n) is 5.60. The van der Waals surface area contributed by atoms with Crippen LogP contribution in [0.4, 0.5) is 9.59 Å². The molecule has 0 aliphatic carbocycles. The van der Waals surface area contributed by atoms with Gasteiger partial charge in [0.1, 0.15) is 40.5 Å². The van der Waals surface area contributed by atoms with Crippen LogP contribution in [0.1, 0.15) is 57.5 Å². The summed E-state index contributed by atoms with van der Waals surface area (Å²) in [6.07, 6.45) is 4.51. The van der Waals surface area contributed by atoms with Crippen molar-refractivity contribution in [2.75, 3.05) is 5.75 Å². The molecule has 4 amide bonds. The number of amides is 4. The first-order valence-corrected chi connectivity index (χ1v) is 21.8. The van der Waals surface area contributed by atoms with Crippen molar-refractivity contribution in [2.45, 2.75) is 52.7 Å². The second kappa shape index (κ2) is 21.3. The number of aliphatic imine (C=N–C) groups is 2. The average molecular weight is 913 g/mol. The third kappa shape index (κ3) is 14.6. The standard InChI is InChI=1S/C24H21N3O4S.C16H11NO2.C8H12N2O3S/c1-24(2,3)31-23(29)27-22-26-21(28)20(32-22)14-15-9-10-18-17(13-15)19(11-12-25-18)30-16-7-5-4-6-8-16;18-11-12-6-7-15-14(10-12)16(8-9-17-15)19-13-4-2-1-3-5-13;1-8(2,3)13-7(12)10-6-9-5(11)4-14-6/h4-14H,1-3H3,(H,26,27,28,29);1-11H;4H2,1-3H3,(H,9,10,11,12)/b20-14-;;. The van der Waals surface area contributed by atoms with Crippen molar-refractivity contribution < 1.29 is 42.9 Å². The molecule has 332 valence electrons. The SMILES string of the molecule is CC(C)(C)OC(=O)N=C1NC(=O)/C(=C/c2ccc3nccc(Oc4ccccc4)c3c2)S1.CC(C)(C)OC(=O)N=C1NC(=O)CS1.O=Cc1ccc2nccc(Oc3ccccc3)c2c1. The van der Waals surface area contributed by atoms with Crippen molar-refractivity contribution in [1.29, 1.82) is 0 Å². The van der Waals surface area contributed by atoms with Crippen molar-refractivity contribution >= 4 is 92.0 Å². The number of hydrogen-bond donors (Lipinski definition) is 2. The molecule has 2 fully saturated rings. The number of nitrogens with zero attached hydrogens (tertiary/aromatic N) is 4. The Balaban J connectivity index is 0.000000179. The molecule has 0 radical (unpaired) electrons. The normalized spacial score (nSPS) is 15.3. The molecular weight excluding hydrogens is 869 g/mol. The molecule has 2 saturated heterocycles. The van der Waals surface area contributed by atoms with Crippen LogP contribution in [0.25, 0.3) is 27.9 Å². The number of thioether (sulfide) groups is 2. The predicted molar refractivity (Wildman–Crippen MR) is 254 cm³/mol. The van der Waals surface area contributed by atoms with Gasteiger partial charge in [-0.2, -0.15) is 9.98 Å². The highest BCUT2D eigenvalue weighted by atomic mass is 32.2. The van der Waals surface area contributed by atoms with E-state index in [1.165, 1.54) is 11.8 Å². The quantitative estimate of drug-likeness (QED) is 0.118. The minimum Gasteiger partial charge on any atom is -0.457 e. The third-order valence-corrected chi connectivity index (χ3v) is 10.0. The van der Waals surface area contributed by atoms with Gasteiger partial charge >= 0.3 is 12.2 Å². The van der Waals surface area contributed by atoms with Crippen LogP contribution in [-0.4, -0.2) is 67.5 Å². The molecule has 2 aliphatic rings. The van der Waals surface area contributed by atoms with Crippen molar-refractivity contribution in [2.24, 2.45) is 9.98 Å². The minimum atomic E-state index is -0.749. The van der Waals surface area contributed by atoms with Crippen molar-refractivity contribution in [3.8, 4) is 23.0 Å². The molecule has 15 nitrogen and oxygen atoms in total. The van der Waals surface area contributed by atoms with Crippen molar-refractivity contribution in [1.82, 2.24) is 20.6 Å². The fraction of sp³-hybridized carbons (Fsp3) is 0.188. The molecule has 2 aliphatic heterocycles. The number of pyridine rings is 2. The Hall–Kier alpha value is -7.37. The van der Waals surface area contributed by atoms with E-state index in [2.05, 4.69) is 30.6 Å². The highest BCUT2D eigenvalue weighted by Gasteiger charge is 2.26. The summed E-state index contributed by atoms with van der Waals surface area (Å²) in [7, 11) is 0. The number of aldehydes is 1. The van der Waals surface area contributed by atoms with Gasteiger partial charge in [0, 0.05) is 28.7 Å². The molecule has 65 heavy (non-hydrogen) atoms. The zero-order valence-electron chi connectivity index (χ0n) is 36.2. The highest BCUT2D eigenvalue weighted by molar-refractivity contribution is 8.18. The van der Waals surface area contributed by atoms with Crippen LogP contribution < -0.4 is 20.1 Å². The number of amidine groups is 2. The average Bonchev–Trinajstić information content (AvgIpc) is 3.82. The first kappa shape index (κ1) is 47.1. The second-order valence-corrected chi connectivity index (χ2v) is 17.8. The van der Waals surface area contributed by atoms with E-state index in [4.69, 9.17) is 18.9 Å². The number of ether oxygens (including phenoxy) is 4. The van der Waals surface area contributed by atoms with Gasteiger partial charge < -0.3 is 29.6 Å². The van der Waals surface area contributed by atoms with Crippen LogP contribution in [0.3, 0.4) is 0 Å². The lowest BCUT2D eigenvalue weighted by Gasteiger charge is -2.17. The molecule has 4 aromatic carbocycles. The summed E-state index contributed by atoms with van der Waals surface area (Å²) in [6, 6.07) is 33.6. The summed E-state index contributed by atoms with van der Waals surface area (Å²) in [5.41, 5.74) is 1.76. The lowest BCUT2D eigenvalue weighted by molar-refractivity contribution is -0.117. The Morgan fingerprint density at radius 2 is 1.14 bits per heavy atom. The minimum absolute atomic E-state index is 0.141. The first-order valence-electron chi connectivity index (χ1n) is 20.0. The maximum Gasteiger partial charge on any atom is 0.436 e. The fourth-order valence-corrected chi connectivity index (χ4v) is 7.08. The molecule has 0 saturated carbocycles. The van der Waals surface area contributed by atoms with Gasteiger partial charge in [0.25, 0.3) is 5.91 Å². The van der Waals surface area contributed by atoms with Crippen LogP contribution in [-0.2, 0) is 19.1 Å². The number of nitrogens with one attached hydrogen (secondary N) is 2. The molecule has 2 N–H and O–H groups in total. The number of carbonyl (C=O) groups is 5. The second-order valence-electron chi connectivity index (χ2n) is 15.8. The lowest BCUT2D eigenvalue weighted by Crippen LogP contribution is -2.25. The Bertz CT molecular complexity index is 2820. The van der Waals surface area contributed by atoms with E-state index in [1.54, 1.807) is 84.3 Å². The molecule has 0 bridgehead atoms. The number of carbonyl (C=O) groups excluding carboxylic acids is 5.